The van der Waals surface area contributed by atoms with E-state index >= 15 is 0 Å². The lowest BCUT2D eigenvalue weighted by Crippen LogP contribution is -2.50. The van der Waals surface area contributed by atoms with E-state index in [-0.39, 0.29) is 31.7 Å². The standard InChI is InChI=1S/C14H22N4O6/c1-8(15-3)14(23)17-9(2)13(22)16-7-6-12(21)24-18-10(19)4-5-11(18)20/h8-9,15H,4-7H2,1-3H3,(H,16,22)(H,17,23)/t8-,9-/m0/s1. The summed E-state index contributed by atoms with van der Waals surface area (Å²) in [5.41, 5.74) is 0. The van der Waals surface area contributed by atoms with Crippen LogP contribution in [0, 0.1) is 0 Å². The lowest BCUT2D eigenvalue weighted by atomic mass is 10.2. The molecule has 0 aromatic rings. The van der Waals surface area contributed by atoms with Gasteiger partial charge in [-0.15, -0.1) is 5.06 Å². The van der Waals surface area contributed by atoms with Gasteiger partial charge in [0.15, 0.2) is 0 Å². The van der Waals surface area contributed by atoms with Gasteiger partial charge in [0.1, 0.15) is 6.04 Å². The summed E-state index contributed by atoms with van der Waals surface area (Å²) in [7, 11) is 1.62. The van der Waals surface area contributed by atoms with Crippen molar-refractivity contribution in [3.05, 3.63) is 0 Å². The van der Waals surface area contributed by atoms with E-state index < -0.39 is 35.8 Å². The maximum Gasteiger partial charge on any atom is 0.334 e. The van der Waals surface area contributed by atoms with Crippen LogP contribution in [0.15, 0.2) is 0 Å². The van der Waals surface area contributed by atoms with Gasteiger partial charge in [0, 0.05) is 19.4 Å². The Morgan fingerprint density at radius 2 is 1.67 bits per heavy atom. The first-order valence-electron chi connectivity index (χ1n) is 7.58. The molecule has 1 aliphatic rings. The monoisotopic (exact) mass is 342 g/mol. The van der Waals surface area contributed by atoms with Crippen molar-refractivity contribution in [2.45, 2.75) is 45.2 Å². The Labute approximate surface area is 139 Å². The summed E-state index contributed by atoms with van der Waals surface area (Å²) in [5.74, 6) is -2.72. The third-order valence-corrected chi connectivity index (χ3v) is 3.41. The molecule has 0 radical (unpaired) electrons. The molecule has 1 rings (SSSR count). The highest BCUT2D eigenvalue weighted by atomic mass is 16.7. The first kappa shape index (κ1) is 19.6. The summed E-state index contributed by atoms with van der Waals surface area (Å²) < 4.78 is 0. The minimum atomic E-state index is -0.806. The molecular formula is C14H22N4O6. The SMILES string of the molecule is CN[C@@H](C)C(=O)N[C@@H](C)C(=O)NCCC(=O)ON1C(=O)CCC1=O. The molecule has 10 nitrogen and oxygen atoms in total. The molecule has 0 aromatic carbocycles. The topological polar surface area (TPSA) is 134 Å². The predicted molar refractivity (Wildman–Crippen MR) is 80.9 cm³/mol. The first-order valence-corrected chi connectivity index (χ1v) is 7.58. The highest BCUT2D eigenvalue weighted by Crippen LogP contribution is 2.12. The summed E-state index contributed by atoms with van der Waals surface area (Å²) in [6.45, 7) is 3.11. The summed E-state index contributed by atoms with van der Waals surface area (Å²) >= 11 is 0. The van der Waals surface area contributed by atoms with Gasteiger partial charge in [-0.1, -0.05) is 0 Å². The van der Waals surface area contributed by atoms with Crippen LogP contribution in [-0.4, -0.2) is 60.3 Å². The van der Waals surface area contributed by atoms with Crippen LogP contribution in [0.3, 0.4) is 0 Å². The van der Waals surface area contributed by atoms with Crippen molar-refractivity contribution in [1.29, 1.82) is 0 Å². The van der Waals surface area contributed by atoms with Gasteiger partial charge in [-0.25, -0.2) is 4.79 Å². The Bertz CT molecular complexity index is 519. The van der Waals surface area contributed by atoms with E-state index in [2.05, 4.69) is 20.8 Å². The van der Waals surface area contributed by atoms with Crippen molar-refractivity contribution in [1.82, 2.24) is 21.0 Å². The van der Waals surface area contributed by atoms with Crippen molar-refractivity contribution in [3.63, 3.8) is 0 Å². The Morgan fingerprint density at radius 3 is 2.21 bits per heavy atom. The van der Waals surface area contributed by atoms with Gasteiger partial charge < -0.3 is 20.8 Å². The molecule has 0 aliphatic carbocycles. The van der Waals surface area contributed by atoms with E-state index in [1.165, 1.54) is 6.92 Å². The average molecular weight is 342 g/mol. The molecule has 1 aliphatic heterocycles. The highest BCUT2D eigenvalue weighted by Gasteiger charge is 2.32. The number of hydrogen-bond donors (Lipinski definition) is 3. The second kappa shape index (κ2) is 8.96. The molecule has 134 valence electrons. The van der Waals surface area contributed by atoms with Gasteiger partial charge in [0.25, 0.3) is 11.8 Å². The van der Waals surface area contributed by atoms with Gasteiger partial charge in [0.05, 0.1) is 12.5 Å². The van der Waals surface area contributed by atoms with Crippen molar-refractivity contribution in [2.24, 2.45) is 0 Å². The first-order chi connectivity index (χ1) is 11.3. The van der Waals surface area contributed by atoms with Crippen LogP contribution in [0.2, 0.25) is 0 Å². The number of nitrogens with zero attached hydrogens (tertiary/aromatic N) is 1. The maximum absolute atomic E-state index is 11.8. The third kappa shape index (κ3) is 5.61. The van der Waals surface area contributed by atoms with Gasteiger partial charge in [0.2, 0.25) is 11.8 Å². The Balaban J connectivity index is 2.29. The molecular weight excluding hydrogens is 320 g/mol. The summed E-state index contributed by atoms with van der Waals surface area (Å²) in [5, 5.41) is 8.17. The Hall–Kier alpha value is -2.49. The highest BCUT2D eigenvalue weighted by molar-refractivity contribution is 6.01. The van der Waals surface area contributed by atoms with Gasteiger partial charge >= 0.3 is 5.97 Å². The summed E-state index contributed by atoms with van der Waals surface area (Å²) in [6, 6.07) is -1.21. The largest absolute Gasteiger partial charge is 0.354 e. The summed E-state index contributed by atoms with van der Waals surface area (Å²) in [6.07, 6.45) is -0.174. The van der Waals surface area contributed by atoms with Gasteiger partial charge in [-0.2, -0.15) is 0 Å². The van der Waals surface area contributed by atoms with E-state index in [9.17, 15) is 24.0 Å². The van der Waals surface area contributed by atoms with E-state index in [0.29, 0.717) is 5.06 Å². The van der Waals surface area contributed by atoms with Crippen molar-refractivity contribution in [3.8, 4) is 0 Å². The zero-order chi connectivity index (χ0) is 18.3. The number of amides is 4. The number of carbonyl (C=O) groups is 5. The van der Waals surface area contributed by atoms with Gasteiger partial charge in [-0.05, 0) is 20.9 Å². The van der Waals surface area contributed by atoms with Gasteiger partial charge in [-0.3, -0.25) is 19.2 Å². The van der Waals surface area contributed by atoms with E-state index in [0.717, 1.165) is 0 Å². The zero-order valence-electron chi connectivity index (χ0n) is 13.9. The van der Waals surface area contributed by atoms with Crippen LogP contribution >= 0.6 is 0 Å². The van der Waals surface area contributed by atoms with Crippen LogP contribution in [0.4, 0.5) is 0 Å². The quantitative estimate of drug-likeness (QED) is 0.444. The van der Waals surface area contributed by atoms with E-state index in [1.54, 1.807) is 14.0 Å². The molecule has 1 saturated heterocycles. The fourth-order valence-electron chi connectivity index (χ4n) is 1.78. The molecule has 0 saturated carbocycles. The number of hydroxylamine groups is 2. The van der Waals surface area contributed by atoms with E-state index in [1.807, 2.05) is 0 Å². The lowest BCUT2D eigenvalue weighted by Gasteiger charge is -2.17. The molecule has 1 heterocycles. The number of hydrogen-bond acceptors (Lipinski definition) is 7. The molecule has 2 atom stereocenters. The fraction of sp³-hybridized carbons (Fsp3) is 0.643. The van der Waals surface area contributed by atoms with E-state index in [4.69, 9.17) is 0 Å². The third-order valence-electron chi connectivity index (χ3n) is 3.41. The molecule has 0 spiro atoms. The summed E-state index contributed by atoms with van der Waals surface area (Å²) in [4.78, 5) is 62.2. The molecule has 0 unspecified atom stereocenters. The van der Waals surface area contributed by atoms with Crippen LogP contribution in [-0.2, 0) is 28.8 Å². The normalized spacial score (nSPS) is 16.5. The molecule has 4 amide bonds. The van der Waals surface area contributed by atoms with Crippen molar-refractivity contribution < 1.29 is 28.8 Å². The number of rotatable bonds is 8. The second-order valence-corrected chi connectivity index (χ2v) is 5.33. The lowest BCUT2D eigenvalue weighted by molar-refractivity contribution is -0.197. The van der Waals surface area contributed by atoms with Crippen molar-refractivity contribution >= 4 is 29.6 Å². The van der Waals surface area contributed by atoms with Crippen LogP contribution in [0.25, 0.3) is 0 Å². The smallest absolute Gasteiger partial charge is 0.334 e. The minimum Gasteiger partial charge on any atom is -0.354 e. The number of likely N-dealkylation sites (N-methyl/N-ethyl adjacent to an activating group) is 1. The van der Waals surface area contributed by atoms with Crippen LogP contribution < -0.4 is 16.0 Å². The Kier molecular flexibility index (Phi) is 7.31. The molecule has 3 N–H and O–H groups in total. The Morgan fingerprint density at radius 1 is 1.08 bits per heavy atom. The van der Waals surface area contributed by atoms with Crippen LogP contribution in [0.1, 0.15) is 33.1 Å². The fourth-order valence-corrected chi connectivity index (χ4v) is 1.78. The number of nitrogens with one attached hydrogen (secondary N) is 3. The van der Waals surface area contributed by atoms with Crippen molar-refractivity contribution in [2.75, 3.05) is 13.6 Å². The molecule has 10 heteroatoms. The van der Waals surface area contributed by atoms with Crippen LogP contribution in [0.5, 0.6) is 0 Å². The second-order valence-electron chi connectivity index (χ2n) is 5.33. The predicted octanol–water partition coefficient (Wildman–Crippen LogP) is -1.79. The molecule has 0 bridgehead atoms. The molecule has 24 heavy (non-hydrogen) atoms. The number of imide groups is 1. The molecule has 1 fully saturated rings. The minimum absolute atomic E-state index is 0.0190. The number of carbonyl (C=O) groups excluding carboxylic acids is 5. The zero-order valence-corrected chi connectivity index (χ0v) is 13.9. The average Bonchev–Trinajstić information content (AvgIpc) is 2.85. The maximum atomic E-state index is 11.8. The molecule has 0 aromatic heterocycles.